The molecule has 9 heteroatoms. The third-order valence-electron chi connectivity index (χ3n) is 6.12. The van der Waals surface area contributed by atoms with Crippen LogP contribution in [0.1, 0.15) is 11.3 Å². The molecule has 1 saturated heterocycles. The number of ether oxygens (including phenoxy) is 1. The van der Waals surface area contributed by atoms with Crippen molar-refractivity contribution in [2.45, 2.75) is 24.7 Å². The summed E-state index contributed by atoms with van der Waals surface area (Å²) in [6, 6.07) is 19.5. The predicted octanol–water partition coefficient (Wildman–Crippen LogP) is 3.48. The molecule has 5 rings (SSSR count). The standard InChI is InChI=1S/C27H28N4O4S/c32-25(28-18-22-7-4-14-35-22)19-36-27-29-24-9-8-21(30-12-15-34-16-13-30)17-23(24)26(33)31(27)11-10-20-5-2-1-3-6-20/h1-9,14,17H,10-13,15-16,18-19H2,(H,28,32). The van der Waals surface area contributed by atoms with Gasteiger partial charge in [-0.15, -0.1) is 0 Å². The molecule has 0 spiro atoms. The maximum Gasteiger partial charge on any atom is 0.262 e. The second-order valence-corrected chi connectivity index (χ2v) is 9.47. The van der Waals surface area contributed by atoms with E-state index in [1.54, 1.807) is 16.9 Å². The number of aromatic nitrogens is 2. The van der Waals surface area contributed by atoms with Gasteiger partial charge in [0.25, 0.3) is 5.56 Å². The molecule has 36 heavy (non-hydrogen) atoms. The van der Waals surface area contributed by atoms with E-state index in [2.05, 4.69) is 10.2 Å². The molecule has 1 aliphatic rings. The van der Waals surface area contributed by atoms with Gasteiger partial charge in [-0.05, 0) is 42.3 Å². The summed E-state index contributed by atoms with van der Waals surface area (Å²) >= 11 is 1.27. The van der Waals surface area contributed by atoms with E-state index in [4.69, 9.17) is 14.1 Å². The largest absolute Gasteiger partial charge is 0.467 e. The summed E-state index contributed by atoms with van der Waals surface area (Å²) in [7, 11) is 0. The molecule has 4 aromatic rings. The fourth-order valence-corrected chi connectivity index (χ4v) is 5.03. The fourth-order valence-electron chi connectivity index (χ4n) is 4.18. The fraction of sp³-hybridized carbons (Fsp3) is 0.296. The summed E-state index contributed by atoms with van der Waals surface area (Å²) < 4.78 is 12.4. The molecule has 186 valence electrons. The molecule has 0 atom stereocenters. The van der Waals surface area contributed by atoms with Crippen molar-refractivity contribution in [1.82, 2.24) is 14.9 Å². The van der Waals surface area contributed by atoms with Crippen molar-refractivity contribution >= 4 is 34.3 Å². The van der Waals surface area contributed by atoms with Gasteiger partial charge in [0.2, 0.25) is 5.91 Å². The number of anilines is 1. The van der Waals surface area contributed by atoms with Crippen molar-refractivity contribution in [3.8, 4) is 0 Å². The van der Waals surface area contributed by atoms with Gasteiger partial charge in [0, 0.05) is 25.3 Å². The van der Waals surface area contributed by atoms with Crippen LogP contribution in [-0.4, -0.2) is 47.5 Å². The van der Waals surface area contributed by atoms with Crippen molar-refractivity contribution in [1.29, 1.82) is 0 Å². The van der Waals surface area contributed by atoms with Gasteiger partial charge >= 0.3 is 0 Å². The summed E-state index contributed by atoms with van der Waals surface area (Å²) in [5.74, 6) is 0.687. The number of carbonyl (C=O) groups is 1. The molecule has 0 saturated carbocycles. The lowest BCUT2D eigenvalue weighted by molar-refractivity contribution is -0.118. The van der Waals surface area contributed by atoms with E-state index in [0.29, 0.717) is 54.5 Å². The van der Waals surface area contributed by atoms with Gasteiger partial charge in [0.1, 0.15) is 5.76 Å². The van der Waals surface area contributed by atoms with Crippen molar-refractivity contribution < 1.29 is 13.9 Å². The van der Waals surface area contributed by atoms with Crippen molar-refractivity contribution in [2.24, 2.45) is 0 Å². The summed E-state index contributed by atoms with van der Waals surface area (Å²) in [5.41, 5.74) is 2.67. The van der Waals surface area contributed by atoms with Gasteiger partial charge in [-0.2, -0.15) is 0 Å². The molecule has 1 aliphatic heterocycles. The minimum absolute atomic E-state index is 0.0930. The Balaban J connectivity index is 1.40. The van der Waals surface area contributed by atoms with E-state index in [9.17, 15) is 9.59 Å². The number of amides is 1. The number of furan rings is 1. The highest BCUT2D eigenvalue weighted by molar-refractivity contribution is 7.99. The SMILES string of the molecule is O=C(CSc1nc2ccc(N3CCOCC3)cc2c(=O)n1CCc1ccccc1)NCc1ccco1. The van der Waals surface area contributed by atoms with Crippen LogP contribution in [0.5, 0.6) is 0 Å². The number of aryl methyl sites for hydroxylation is 1. The van der Waals surface area contributed by atoms with Crippen LogP contribution in [0.2, 0.25) is 0 Å². The number of rotatable bonds is 9. The van der Waals surface area contributed by atoms with Gasteiger partial charge in [-0.25, -0.2) is 4.98 Å². The number of carbonyl (C=O) groups excluding carboxylic acids is 1. The first kappa shape index (κ1) is 24.1. The molecule has 1 amide bonds. The molecule has 0 bridgehead atoms. The summed E-state index contributed by atoms with van der Waals surface area (Å²) in [6.45, 7) is 3.74. The lowest BCUT2D eigenvalue weighted by Gasteiger charge is -2.29. The molecule has 0 aliphatic carbocycles. The molecule has 1 N–H and O–H groups in total. The van der Waals surface area contributed by atoms with E-state index >= 15 is 0 Å². The summed E-state index contributed by atoms with van der Waals surface area (Å²) in [5, 5.41) is 3.96. The molecule has 8 nitrogen and oxygen atoms in total. The van der Waals surface area contributed by atoms with Crippen LogP contribution in [0.25, 0.3) is 10.9 Å². The number of nitrogens with one attached hydrogen (secondary N) is 1. The van der Waals surface area contributed by atoms with E-state index < -0.39 is 0 Å². The Labute approximate surface area is 213 Å². The Morgan fingerprint density at radius 2 is 1.89 bits per heavy atom. The number of hydrogen-bond donors (Lipinski definition) is 1. The monoisotopic (exact) mass is 504 g/mol. The zero-order valence-corrected chi connectivity index (χ0v) is 20.7. The lowest BCUT2D eigenvalue weighted by Crippen LogP contribution is -2.36. The average Bonchev–Trinajstić information content (AvgIpc) is 3.45. The highest BCUT2D eigenvalue weighted by atomic mass is 32.2. The van der Waals surface area contributed by atoms with Crippen molar-refractivity contribution in [2.75, 3.05) is 37.0 Å². The molecule has 2 aromatic carbocycles. The molecule has 0 radical (unpaired) electrons. The van der Waals surface area contributed by atoms with Gasteiger partial charge < -0.3 is 19.4 Å². The zero-order chi connectivity index (χ0) is 24.7. The van der Waals surface area contributed by atoms with Crippen LogP contribution < -0.4 is 15.8 Å². The molecular weight excluding hydrogens is 476 g/mol. The van der Waals surface area contributed by atoms with Crippen LogP contribution in [0.15, 0.2) is 81.3 Å². The third-order valence-corrected chi connectivity index (χ3v) is 7.09. The average molecular weight is 505 g/mol. The third kappa shape index (κ3) is 5.80. The Hall–Kier alpha value is -3.56. The number of benzene rings is 2. The molecule has 3 heterocycles. The molecule has 0 unspecified atom stereocenters. The first-order valence-corrected chi connectivity index (χ1v) is 13.0. The highest BCUT2D eigenvalue weighted by Gasteiger charge is 2.17. The maximum atomic E-state index is 13.7. The van der Waals surface area contributed by atoms with Gasteiger partial charge in [-0.1, -0.05) is 42.1 Å². The smallest absolute Gasteiger partial charge is 0.262 e. The molecule has 2 aromatic heterocycles. The normalized spacial score (nSPS) is 13.7. The Bertz CT molecular complexity index is 1370. The lowest BCUT2D eigenvalue weighted by atomic mass is 10.1. The van der Waals surface area contributed by atoms with E-state index in [-0.39, 0.29) is 17.2 Å². The van der Waals surface area contributed by atoms with Crippen LogP contribution >= 0.6 is 11.8 Å². The zero-order valence-electron chi connectivity index (χ0n) is 19.9. The second kappa shape index (κ2) is 11.5. The number of nitrogens with zero attached hydrogens (tertiary/aromatic N) is 3. The predicted molar refractivity (Wildman–Crippen MR) is 140 cm³/mol. The second-order valence-electron chi connectivity index (χ2n) is 8.53. The number of thioether (sulfide) groups is 1. The molecular formula is C27H28N4O4S. The van der Waals surface area contributed by atoms with Crippen molar-refractivity contribution in [3.63, 3.8) is 0 Å². The first-order chi connectivity index (χ1) is 17.7. The van der Waals surface area contributed by atoms with Crippen LogP contribution in [0.3, 0.4) is 0 Å². The van der Waals surface area contributed by atoms with E-state index in [1.807, 2.05) is 54.6 Å². The summed E-state index contributed by atoms with van der Waals surface area (Å²) in [6.07, 6.45) is 2.26. The minimum atomic E-state index is -0.150. The van der Waals surface area contributed by atoms with Gasteiger partial charge in [0.15, 0.2) is 5.16 Å². The topological polar surface area (TPSA) is 89.6 Å². The van der Waals surface area contributed by atoms with E-state index in [1.165, 1.54) is 11.8 Å². The van der Waals surface area contributed by atoms with Gasteiger partial charge in [0.05, 0.1) is 42.7 Å². The first-order valence-electron chi connectivity index (χ1n) is 12.0. The van der Waals surface area contributed by atoms with Crippen LogP contribution in [0.4, 0.5) is 5.69 Å². The van der Waals surface area contributed by atoms with Crippen LogP contribution in [0, 0.1) is 0 Å². The maximum absolute atomic E-state index is 13.7. The highest BCUT2D eigenvalue weighted by Crippen LogP contribution is 2.23. The van der Waals surface area contributed by atoms with Gasteiger partial charge in [-0.3, -0.25) is 14.2 Å². The van der Waals surface area contributed by atoms with Crippen LogP contribution in [-0.2, 0) is 29.0 Å². The molecule has 1 fully saturated rings. The Morgan fingerprint density at radius 1 is 1.06 bits per heavy atom. The Kier molecular flexibility index (Phi) is 7.68. The number of fused-ring (bicyclic) bond motifs is 1. The number of morpholine rings is 1. The number of hydrogen-bond acceptors (Lipinski definition) is 7. The quantitative estimate of drug-likeness (QED) is 0.276. The Morgan fingerprint density at radius 3 is 2.67 bits per heavy atom. The summed E-state index contributed by atoms with van der Waals surface area (Å²) in [4.78, 5) is 33.2. The minimum Gasteiger partial charge on any atom is -0.467 e. The van der Waals surface area contributed by atoms with Crippen molar-refractivity contribution in [3.05, 3.63) is 88.6 Å². The van der Waals surface area contributed by atoms with E-state index in [0.717, 1.165) is 24.3 Å².